The van der Waals surface area contributed by atoms with Crippen molar-refractivity contribution in [3.63, 3.8) is 0 Å². The van der Waals surface area contributed by atoms with Crippen molar-refractivity contribution in [1.29, 1.82) is 0 Å². The summed E-state index contributed by atoms with van der Waals surface area (Å²) < 4.78 is 43.9. The van der Waals surface area contributed by atoms with Crippen LogP contribution in [0, 0.1) is 6.92 Å². The molecule has 1 aromatic carbocycles. The largest absolute Gasteiger partial charge is 0.484 e. The first kappa shape index (κ1) is 23.0. The molecule has 1 aliphatic heterocycles. The fraction of sp³-hybridized carbons (Fsp3) is 0.500. The van der Waals surface area contributed by atoms with Gasteiger partial charge in [-0.2, -0.15) is 13.2 Å². The van der Waals surface area contributed by atoms with E-state index >= 15 is 0 Å². The van der Waals surface area contributed by atoms with Crippen molar-refractivity contribution in [3.8, 4) is 5.75 Å². The molecule has 0 spiro atoms. The molecule has 29 heavy (non-hydrogen) atoms. The zero-order valence-corrected chi connectivity index (χ0v) is 16.6. The molecule has 7 nitrogen and oxygen atoms in total. The molecule has 3 rings (SSSR count). The molecule has 1 amide bonds. The molecule has 0 saturated carbocycles. The molecule has 0 unspecified atom stereocenters. The third kappa shape index (κ3) is 6.60. The predicted octanol–water partition coefficient (Wildman–Crippen LogP) is 2.80. The van der Waals surface area contributed by atoms with Gasteiger partial charge in [0.1, 0.15) is 5.75 Å². The normalized spacial score (nSPS) is 14.9. The maximum absolute atomic E-state index is 12.4. The van der Waals surface area contributed by atoms with Crippen molar-refractivity contribution in [3.05, 3.63) is 41.2 Å². The number of carbonyl (C=O) groups is 1. The van der Waals surface area contributed by atoms with Gasteiger partial charge >= 0.3 is 6.18 Å². The maximum Gasteiger partial charge on any atom is 0.422 e. The zero-order valence-electron chi connectivity index (χ0n) is 15.8. The van der Waals surface area contributed by atoms with Gasteiger partial charge in [-0.15, -0.1) is 17.5 Å². The van der Waals surface area contributed by atoms with E-state index < -0.39 is 18.7 Å². The average Bonchev–Trinajstić information content (AvgIpc) is 3.16. The van der Waals surface area contributed by atoms with Gasteiger partial charge in [-0.05, 0) is 44.5 Å². The van der Waals surface area contributed by atoms with Crippen molar-refractivity contribution in [2.75, 3.05) is 19.7 Å². The van der Waals surface area contributed by atoms with E-state index in [9.17, 15) is 18.0 Å². The van der Waals surface area contributed by atoms with Crippen LogP contribution in [0.2, 0.25) is 0 Å². The van der Waals surface area contributed by atoms with Crippen LogP contribution in [0.4, 0.5) is 13.2 Å². The molecule has 2 N–H and O–H groups in total. The molecule has 1 fully saturated rings. The highest BCUT2D eigenvalue weighted by Gasteiger charge is 2.29. The molecule has 1 aliphatic rings. The van der Waals surface area contributed by atoms with E-state index in [2.05, 4.69) is 20.9 Å². The maximum atomic E-state index is 12.4. The van der Waals surface area contributed by atoms with Crippen LogP contribution in [0.15, 0.2) is 24.4 Å². The lowest BCUT2D eigenvalue weighted by atomic mass is 10.1. The minimum absolute atomic E-state index is 0. The van der Waals surface area contributed by atoms with Crippen molar-refractivity contribution in [2.45, 2.75) is 38.5 Å². The number of nitrogens with one attached hydrogen (secondary N) is 2. The number of rotatable bonds is 6. The van der Waals surface area contributed by atoms with Crippen LogP contribution >= 0.6 is 12.4 Å². The minimum atomic E-state index is -4.43. The molecule has 0 bridgehead atoms. The fourth-order valence-electron chi connectivity index (χ4n) is 3.00. The molecular formula is C18H23ClF3N5O2. The van der Waals surface area contributed by atoms with E-state index in [-0.39, 0.29) is 36.4 Å². The summed E-state index contributed by atoms with van der Waals surface area (Å²) in [7, 11) is 0. The molecule has 1 saturated heterocycles. The SMILES string of the molecule is Cc1ccc(CNC(=O)c2cn(C3CCNCC3)nn2)c(OCC(F)(F)F)c1.Cl. The number of piperidine rings is 1. The van der Waals surface area contributed by atoms with Gasteiger partial charge in [0, 0.05) is 12.1 Å². The number of aryl methyl sites for hydroxylation is 1. The number of ether oxygens (including phenoxy) is 1. The smallest absolute Gasteiger partial charge is 0.422 e. The molecule has 0 radical (unpaired) electrons. The monoisotopic (exact) mass is 433 g/mol. The number of alkyl halides is 3. The van der Waals surface area contributed by atoms with Crippen molar-refractivity contribution in [1.82, 2.24) is 25.6 Å². The number of benzene rings is 1. The third-order valence-electron chi connectivity index (χ3n) is 4.48. The Morgan fingerprint density at radius 2 is 2.07 bits per heavy atom. The fourth-order valence-corrected chi connectivity index (χ4v) is 3.00. The topological polar surface area (TPSA) is 81.1 Å². The average molecular weight is 434 g/mol. The number of amides is 1. The van der Waals surface area contributed by atoms with Crippen molar-refractivity contribution >= 4 is 18.3 Å². The predicted molar refractivity (Wildman–Crippen MR) is 102 cm³/mol. The van der Waals surface area contributed by atoms with E-state index in [1.54, 1.807) is 29.9 Å². The van der Waals surface area contributed by atoms with Crippen LogP contribution in [-0.4, -0.2) is 46.8 Å². The first-order valence-electron chi connectivity index (χ1n) is 9.01. The molecule has 2 aromatic rings. The Morgan fingerprint density at radius 1 is 1.34 bits per heavy atom. The Hall–Kier alpha value is -2.33. The van der Waals surface area contributed by atoms with E-state index in [1.165, 1.54) is 6.07 Å². The Bertz CT molecular complexity index is 822. The molecule has 2 heterocycles. The summed E-state index contributed by atoms with van der Waals surface area (Å²) in [5.41, 5.74) is 1.38. The lowest BCUT2D eigenvalue weighted by Crippen LogP contribution is -2.29. The molecular weight excluding hydrogens is 411 g/mol. The van der Waals surface area contributed by atoms with Gasteiger partial charge < -0.3 is 15.4 Å². The third-order valence-corrected chi connectivity index (χ3v) is 4.48. The number of halogens is 4. The van der Waals surface area contributed by atoms with E-state index in [4.69, 9.17) is 4.74 Å². The number of hydrogen-bond acceptors (Lipinski definition) is 5. The lowest BCUT2D eigenvalue weighted by Gasteiger charge is -2.22. The van der Waals surface area contributed by atoms with Gasteiger partial charge in [-0.3, -0.25) is 4.79 Å². The molecule has 0 aliphatic carbocycles. The van der Waals surface area contributed by atoms with Crippen LogP contribution in [0.3, 0.4) is 0 Å². The van der Waals surface area contributed by atoms with Crippen molar-refractivity contribution in [2.24, 2.45) is 0 Å². The van der Waals surface area contributed by atoms with Crippen LogP contribution < -0.4 is 15.4 Å². The molecule has 0 atom stereocenters. The van der Waals surface area contributed by atoms with Gasteiger partial charge in [-0.25, -0.2) is 4.68 Å². The van der Waals surface area contributed by atoms with Crippen LogP contribution in [0.1, 0.15) is 40.5 Å². The first-order chi connectivity index (χ1) is 13.3. The Balaban J connectivity index is 0.00000300. The molecule has 160 valence electrons. The number of hydrogen-bond donors (Lipinski definition) is 2. The lowest BCUT2D eigenvalue weighted by molar-refractivity contribution is -0.153. The summed E-state index contributed by atoms with van der Waals surface area (Å²) >= 11 is 0. The van der Waals surface area contributed by atoms with Gasteiger partial charge in [0.05, 0.1) is 12.2 Å². The van der Waals surface area contributed by atoms with Gasteiger partial charge in [-0.1, -0.05) is 17.3 Å². The molecule has 1 aromatic heterocycles. The van der Waals surface area contributed by atoms with Crippen LogP contribution in [0.5, 0.6) is 5.75 Å². The number of nitrogens with zero attached hydrogens (tertiary/aromatic N) is 3. The van der Waals surface area contributed by atoms with Crippen LogP contribution in [0.25, 0.3) is 0 Å². The zero-order chi connectivity index (χ0) is 20.1. The quantitative estimate of drug-likeness (QED) is 0.732. The summed E-state index contributed by atoms with van der Waals surface area (Å²) in [5.74, 6) is -0.349. The van der Waals surface area contributed by atoms with Crippen molar-refractivity contribution < 1.29 is 22.7 Å². The highest BCUT2D eigenvalue weighted by atomic mass is 35.5. The summed E-state index contributed by atoms with van der Waals surface area (Å²) in [5, 5.41) is 13.9. The summed E-state index contributed by atoms with van der Waals surface area (Å²) in [6.07, 6.45) is -1.01. The highest BCUT2D eigenvalue weighted by molar-refractivity contribution is 5.91. The van der Waals surface area contributed by atoms with Gasteiger partial charge in [0.15, 0.2) is 12.3 Å². The van der Waals surface area contributed by atoms with E-state index in [0.717, 1.165) is 31.5 Å². The Kier molecular flexibility index (Phi) is 7.86. The molecule has 11 heteroatoms. The second-order valence-electron chi connectivity index (χ2n) is 6.76. The summed E-state index contributed by atoms with van der Waals surface area (Å²) in [6.45, 7) is 2.16. The van der Waals surface area contributed by atoms with Gasteiger partial charge in [0.2, 0.25) is 0 Å². The number of carbonyl (C=O) groups excluding carboxylic acids is 1. The minimum Gasteiger partial charge on any atom is -0.484 e. The Labute approximate surface area is 172 Å². The first-order valence-corrected chi connectivity index (χ1v) is 9.01. The highest BCUT2D eigenvalue weighted by Crippen LogP contribution is 2.24. The number of aromatic nitrogens is 3. The van der Waals surface area contributed by atoms with Gasteiger partial charge in [0.25, 0.3) is 5.91 Å². The summed E-state index contributed by atoms with van der Waals surface area (Å²) in [6, 6.07) is 5.10. The Morgan fingerprint density at radius 3 is 2.76 bits per heavy atom. The standard InChI is InChI=1S/C18H22F3N5O2.ClH/c1-12-2-3-13(16(8-12)28-11-18(19,20)21)9-23-17(27)15-10-26(25-24-15)14-4-6-22-7-5-14;/h2-3,8,10,14,22H,4-7,9,11H2,1H3,(H,23,27);1H. The summed E-state index contributed by atoms with van der Waals surface area (Å²) in [4.78, 5) is 12.3. The van der Waals surface area contributed by atoms with E-state index in [0.29, 0.717) is 5.56 Å². The second-order valence-corrected chi connectivity index (χ2v) is 6.76. The van der Waals surface area contributed by atoms with E-state index in [1.807, 2.05) is 0 Å². The van der Waals surface area contributed by atoms with Crippen LogP contribution in [-0.2, 0) is 6.54 Å². The second kappa shape index (κ2) is 9.93.